The second-order valence-electron chi connectivity index (χ2n) is 5.92. The van der Waals surface area contributed by atoms with E-state index in [0.717, 1.165) is 5.92 Å². The molecule has 17 heavy (non-hydrogen) atoms. The number of anilines is 1. The second-order valence-corrected chi connectivity index (χ2v) is 5.92. The zero-order valence-corrected chi connectivity index (χ0v) is 10.2. The molecule has 1 atom stereocenters. The van der Waals surface area contributed by atoms with Crippen molar-refractivity contribution in [1.29, 1.82) is 0 Å². The van der Waals surface area contributed by atoms with Crippen LogP contribution in [0.4, 0.5) is 5.69 Å². The van der Waals surface area contributed by atoms with E-state index in [0.29, 0.717) is 11.6 Å². The first-order chi connectivity index (χ1) is 8.38. The van der Waals surface area contributed by atoms with Crippen LogP contribution in [0.5, 0.6) is 0 Å². The van der Waals surface area contributed by atoms with Crippen LogP contribution in [0.25, 0.3) is 0 Å². The van der Waals surface area contributed by atoms with Crippen LogP contribution in [0, 0.1) is 5.92 Å². The highest BCUT2D eigenvalue weighted by atomic mass is 15.3. The molecule has 3 saturated heterocycles. The van der Waals surface area contributed by atoms with E-state index in [1.54, 1.807) is 0 Å². The van der Waals surface area contributed by atoms with Gasteiger partial charge in [0.1, 0.15) is 0 Å². The van der Waals surface area contributed by atoms with Gasteiger partial charge in [-0.2, -0.15) is 0 Å². The van der Waals surface area contributed by atoms with Gasteiger partial charge in [-0.3, -0.25) is 4.90 Å². The quantitative estimate of drug-likeness (QED) is 0.837. The fraction of sp³-hybridized carbons (Fsp3) is 0.600. The Labute approximate surface area is 103 Å². The molecule has 90 valence electrons. The van der Waals surface area contributed by atoms with Crippen molar-refractivity contribution in [2.24, 2.45) is 5.92 Å². The molecule has 1 aromatic carbocycles. The largest absolute Gasteiger partial charge is 0.380 e. The number of hydrogen-bond acceptors (Lipinski definition) is 2. The average Bonchev–Trinajstić information content (AvgIpc) is 3.17. The maximum absolute atomic E-state index is 3.82. The van der Waals surface area contributed by atoms with Gasteiger partial charge in [-0.1, -0.05) is 18.2 Å². The van der Waals surface area contributed by atoms with Crippen molar-refractivity contribution in [3.8, 4) is 0 Å². The third kappa shape index (κ3) is 1.43. The van der Waals surface area contributed by atoms with Crippen LogP contribution in [0.15, 0.2) is 30.3 Å². The van der Waals surface area contributed by atoms with Gasteiger partial charge >= 0.3 is 0 Å². The topological polar surface area (TPSA) is 15.3 Å². The summed E-state index contributed by atoms with van der Waals surface area (Å²) in [6.45, 7) is 2.69. The van der Waals surface area contributed by atoms with Gasteiger partial charge in [0.2, 0.25) is 0 Å². The molecular formula is C15H20N2. The first-order valence-corrected chi connectivity index (χ1v) is 6.95. The van der Waals surface area contributed by atoms with Crippen LogP contribution in [-0.2, 0) is 0 Å². The van der Waals surface area contributed by atoms with Gasteiger partial charge in [0.25, 0.3) is 0 Å². The summed E-state index contributed by atoms with van der Waals surface area (Å²) in [5, 5.41) is 3.82. The van der Waals surface area contributed by atoms with Gasteiger partial charge in [-0.15, -0.1) is 0 Å². The third-order valence-corrected chi connectivity index (χ3v) is 5.08. The van der Waals surface area contributed by atoms with E-state index in [4.69, 9.17) is 0 Å². The molecular weight excluding hydrogens is 208 g/mol. The standard InChI is InChI=1S/C15H20N2/c1-2-4-13(5-3-1)16-14-12-6-10-17(11-7-12)15(14)8-9-15/h1-5,12,14,16H,6-11H2. The molecule has 2 bridgehead atoms. The average molecular weight is 228 g/mol. The van der Waals surface area contributed by atoms with Gasteiger partial charge < -0.3 is 5.32 Å². The van der Waals surface area contributed by atoms with E-state index < -0.39 is 0 Å². The molecule has 1 spiro atoms. The third-order valence-electron chi connectivity index (χ3n) is 5.08. The van der Waals surface area contributed by atoms with Crippen molar-refractivity contribution in [1.82, 2.24) is 4.90 Å². The zero-order valence-electron chi connectivity index (χ0n) is 10.2. The fourth-order valence-electron chi connectivity index (χ4n) is 4.03. The minimum absolute atomic E-state index is 0.539. The molecule has 2 heteroatoms. The summed E-state index contributed by atoms with van der Waals surface area (Å²) in [5.74, 6) is 0.905. The molecule has 2 nitrogen and oxygen atoms in total. The Bertz CT molecular complexity index is 402. The summed E-state index contributed by atoms with van der Waals surface area (Å²) >= 11 is 0. The Kier molecular flexibility index (Phi) is 2.04. The van der Waals surface area contributed by atoms with E-state index >= 15 is 0 Å². The van der Waals surface area contributed by atoms with E-state index in [9.17, 15) is 0 Å². The molecule has 4 aliphatic rings. The number of nitrogens with one attached hydrogen (secondary N) is 1. The maximum atomic E-state index is 3.82. The van der Waals surface area contributed by atoms with Crippen LogP contribution in [0.2, 0.25) is 0 Å². The minimum Gasteiger partial charge on any atom is -0.380 e. The zero-order chi connectivity index (χ0) is 11.3. The minimum atomic E-state index is 0.539. The lowest BCUT2D eigenvalue weighted by atomic mass is 9.77. The fourth-order valence-corrected chi connectivity index (χ4v) is 4.03. The first kappa shape index (κ1) is 9.95. The van der Waals surface area contributed by atoms with Crippen LogP contribution in [-0.4, -0.2) is 29.6 Å². The van der Waals surface area contributed by atoms with Crippen LogP contribution in [0.3, 0.4) is 0 Å². The number of rotatable bonds is 2. The summed E-state index contributed by atoms with van der Waals surface area (Å²) in [5.41, 5.74) is 1.84. The van der Waals surface area contributed by atoms with Crippen molar-refractivity contribution in [3.63, 3.8) is 0 Å². The second kappa shape index (κ2) is 3.49. The maximum Gasteiger partial charge on any atom is 0.0474 e. The highest BCUT2D eigenvalue weighted by Gasteiger charge is 2.60. The first-order valence-electron chi connectivity index (χ1n) is 6.95. The highest BCUT2D eigenvalue weighted by molar-refractivity contribution is 5.46. The lowest BCUT2D eigenvalue weighted by molar-refractivity contribution is 0.0204. The molecule has 0 radical (unpaired) electrons. The Morgan fingerprint density at radius 3 is 2.41 bits per heavy atom. The number of hydrogen-bond donors (Lipinski definition) is 1. The summed E-state index contributed by atoms with van der Waals surface area (Å²) < 4.78 is 0. The molecule has 3 heterocycles. The summed E-state index contributed by atoms with van der Waals surface area (Å²) in [4.78, 5) is 2.76. The van der Waals surface area contributed by atoms with Gasteiger partial charge in [-0.25, -0.2) is 0 Å². The Morgan fingerprint density at radius 1 is 1.06 bits per heavy atom. The van der Waals surface area contributed by atoms with Crippen molar-refractivity contribution in [3.05, 3.63) is 30.3 Å². The molecule has 5 rings (SSSR count). The SMILES string of the molecule is c1ccc(NC2C3CCN(CC3)C23CC3)cc1. The number of benzene rings is 1. The monoisotopic (exact) mass is 228 g/mol. The lowest BCUT2D eigenvalue weighted by Gasteiger charge is -2.52. The van der Waals surface area contributed by atoms with E-state index in [1.807, 2.05) is 0 Å². The Hall–Kier alpha value is -1.02. The number of nitrogens with zero attached hydrogens (tertiary/aromatic N) is 1. The lowest BCUT2D eigenvalue weighted by Crippen LogP contribution is -2.62. The summed E-state index contributed by atoms with van der Waals surface area (Å²) in [6.07, 6.45) is 5.61. The molecule has 3 aliphatic heterocycles. The van der Waals surface area contributed by atoms with Crippen LogP contribution < -0.4 is 5.32 Å². The molecule has 1 aromatic rings. The predicted molar refractivity (Wildman–Crippen MR) is 70.1 cm³/mol. The molecule has 0 aromatic heterocycles. The van der Waals surface area contributed by atoms with E-state index in [1.165, 1.54) is 44.5 Å². The van der Waals surface area contributed by atoms with Gasteiger partial charge in [0.05, 0.1) is 0 Å². The molecule has 1 unspecified atom stereocenters. The molecule has 1 saturated carbocycles. The Morgan fingerprint density at radius 2 is 1.76 bits per heavy atom. The molecule has 1 aliphatic carbocycles. The summed E-state index contributed by atoms with van der Waals surface area (Å²) in [7, 11) is 0. The van der Waals surface area contributed by atoms with Gasteiger partial charge in [0, 0.05) is 17.3 Å². The van der Waals surface area contributed by atoms with Crippen LogP contribution in [0.1, 0.15) is 25.7 Å². The molecule has 4 fully saturated rings. The number of fused-ring (bicyclic) bond motifs is 2. The molecule has 1 N–H and O–H groups in total. The predicted octanol–water partition coefficient (Wildman–Crippen LogP) is 2.73. The van der Waals surface area contributed by atoms with Gasteiger partial charge in [0.15, 0.2) is 0 Å². The van der Waals surface area contributed by atoms with Crippen molar-refractivity contribution < 1.29 is 0 Å². The summed E-state index contributed by atoms with van der Waals surface area (Å²) in [6, 6.07) is 11.5. The van der Waals surface area contributed by atoms with Crippen molar-refractivity contribution >= 4 is 5.69 Å². The number of piperidine rings is 3. The van der Waals surface area contributed by atoms with E-state index in [2.05, 4.69) is 40.5 Å². The normalized spacial score (nSPS) is 37.1. The van der Waals surface area contributed by atoms with Crippen molar-refractivity contribution in [2.45, 2.75) is 37.3 Å². The van der Waals surface area contributed by atoms with Crippen LogP contribution >= 0.6 is 0 Å². The molecule has 0 amide bonds. The van der Waals surface area contributed by atoms with Crippen molar-refractivity contribution in [2.75, 3.05) is 18.4 Å². The number of para-hydroxylation sites is 1. The van der Waals surface area contributed by atoms with E-state index in [-0.39, 0.29) is 0 Å². The Balaban J connectivity index is 1.61. The highest BCUT2D eigenvalue weighted by Crippen LogP contribution is 2.54. The van der Waals surface area contributed by atoms with Gasteiger partial charge in [-0.05, 0) is 56.8 Å². The smallest absolute Gasteiger partial charge is 0.0474 e.